The van der Waals surface area contributed by atoms with E-state index in [1.54, 1.807) is 4.31 Å². The molecule has 0 amide bonds. The maximum atomic E-state index is 11.2. The molecule has 0 aromatic carbocycles. The van der Waals surface area contributed by atoms with Crippen molar-refractivity contribution in [3.8, 4) is 0 Å². The lowest BCUT2D eigenvalue weighted by atomic mass is 9.87. The van der Waals surface area contributed by atoms with Gasteiger partial charge in [-0.3, -0.25) is 4.90 Å². The second-order valence-electron chi connectivity index (χ2n) is 17.4. The summed E-state index contributed by atoms with van der Waals surface area (Å²) in [5.74, 6) is 6.95. The van der Waals surface area contributed by atoms with E-state index in [0.717, 1.165) is 87.9 Å². The molecule has 0 unspecified atom stereocenters. The Hall–Kier alpha value is -0.290. The highest BCUT2D eigenvalue weighted by molar-refractivity contribution is 7.88. The molecule has 0 radical (unpaired) electrons. The molecule has 0 aliphatic carbocycles. The summed E-state index contributed by atoms with van der Waals surface area (Å²) >= 11 is 0. The van der Waals surface area contributed by atoms with Crippen molar-refractivity contribution in [2.75, 3.05) is 92.1 Å². The van der Waals surface area contributed by atoms with Gasteiger partial charge in [0.05, 0.1) is 19.5 Å². The molecule has 0 atom stereocenters. The highest BCUT2D eigenvalue weighted by Gasteiger charge is 2.26. The number of likely N-dealkylation sites (tertiary alicyclic amines) is 1. The third-order valence-electron chi connectivity index (χ3n) is 11.9. The van der Waals surface area contributed by atoms with Crippen molar-refractivity contribution in [2.45, 2.75) is 127 Å². The summed E-state index contributed by atoms with van der Waals surface area (Å²) in [4.78, 5) is 4.86. The number of sulfonamides is 1. The van der Waals surface area contributed by atoms with Gasteiger partial charge in [0, 0.05) is 45.4 Å². The highest BCUT2D eigenvalue weighted by Crippen LogP contribution is 2.26. The van der Waals surface area contributed by atoms with Crippen molar-refractivity contribution >= 4 is 10.0 Å². The lowest BCUT2D eigenvalue weighted by molar-refractivity contribution is 0.0238. The van der Waals surface area contributed by atoms with E-state index in [-0.39, 0.29) is 0 Å². The maximum absolute atomic E-state index is 11.2. The Balaban J connectivity index is 0.000000315. The summed E-state index contributed by atoms with van der Waals surface area (Å²) < 4.78 is 34.4. The lowest BCUT2D eigenvalue weighted by Gasteiger charge is -2.32. The monoisotopic (exact) mass is 731 g/mol. The first-order valence-electron chi connectivity index (χ1n) is 20.8. The molecule has 9 heteroatoms. The van der Waals surface area contributed by atoms with Crippen LogP contribution in [0, 0.1) is 47.3 Å². The molecule has 5 aliphatic rings. The average Bonchev–Trinajstić information content (AvgIpc) is 3.10. The molecule has 5 fully saturated rings. The van der Waals surface area contributed by atoms with Gasteiger partial charge in [-0.15, -0.1) is 0 Å². The summed E-state index contributed by atoms with van der Waals surface area (Å²) in [6.07, 6.45) is 11.5. The number of hydrogen-bond acceptors (Lipinski definition) is 7. The van der Waals surface area contributed by atoms with E-state index in [1.807, 2.05) is 0 Å². The van der Waals surface area contributed by atoms with Gasteiger partial charge in [-0.1, -0.05) is 55.4 Å². The number of ether oxygens (including phenoxy) is 2. The summed E-state index contributed by atoms with van der Waals surface area (Å²) in [5.41, 5.74) is 0. The third-order valence-corrected chi connectivity index (χ3v) is 13.2. The molecule has 5 heterocycles. The smallest absolute Gasteiger partial charge is 0.211 e. The number of hydrogen-bond donors (Lipinski definition) is 1. The number of rotatable bonds is 6. The average molecular weight is 731 g/mol. The van der Waals surface area contributed by atoms with Crippen LogP contribution in [0.4, 0.5) is 0 Å². The van der Waals surface area contributed by atoms with Crippen molar-refractivity contribution < 1.29 is 17.9 Å². The normalized spacial score (nSPS) is 23.1. The molecule has 300 valence electrons. The first kappa shape index (κ1) is 47.7. The predicted octanol–water partition coefficient (Wildman–Crippen LogP) is 7.74. The van der Waals surface area contributed by atoms with Crippen LogP contribution >= 0.6 is 0 Å². The van der Waals surface area contributed by atoms with Gasteiger partial charge >= 0.3 is 0 Å². The van der Waals surface area contributed by atoms with Gasteiger partial charge in [-0.2, -0.15) is 0 Å². The molecule has 0 spiro atoms. The van der Waals surface area contributed by atoms with Crippen LogP contribution in [-0.2, 0) is 19.5 Å². The van der Waals surface area contributed by atoms with Gasteiger partial charge in [0.1, 0.15) is 0 Å². The second-order valence-corrected chi connectivity index (χ2v) is 19.4. The molecular weight excluding hydrogens is 645 g/mol. The molecule has 8 nitrogen and oxygen atoms in total. The van der Waals surface area contributed by atoms with Gasteiger partial charge in [-0.25, -0.2) is 12.7 Å². The molecular formula is C41H86N4O4S. The van der Waals surface area contributed by atoms with Crippen molar-refractivity contribution in [3.05, 3.63) is 0 Å². The molecule has 0 saturated carbocycles. The predicted molar refractivity (Wildman–Crippen MR) is 215 cm³/mol. The van der Waals surface area contributed by atoms with E-state index < -0.39 is 10.0 Å². The van der Waals surface area contributed by atoms with Crippen LogP contribution in [0.1, 0.15) is 121 Å². The molecule has 5 saturated heterocycles. The van der Waals surface area contributed by atoms with Crippen LogP contribution in [0.5, 0.6) is 0 Å². The van der Waals surface area contributed by atoms with E-state index >= 15 is 0 Å². The molecule has 1 N–H and O–H groups in total. The fourth-order valence-corrected chi connectivity index (χ4v) is 8.43. The van der Waals surface area contributed by atoms with E-state index in [1.165, 1.54) is 71.0 Å². The molecule has 0 bridgehead atoms. The zero-order valence-corrected chi connectivity index (χ0v) is 36.0. The Morgan fingerprint density at radius 2 is 0.880 bits per heavy atom. The fourth-order valence-electron chi connectivity index (χ4n) is 7.56. The summed E-state index contributed by atoms with van der Waals surface area (Å²) in [5, 5.41) is 3.37. The van der Waals surface area contributed by atoms with Gasteiger partial charge < -0.3 is 19.7 Å². The quantitative estimate of drug-likeness (QED) is 0.300. The standard InChI is InChI=1S/C9H19NO2S.C9H19N.C8H17N.C8H16O.C7H15NO/c1-8(2)9-4-6-10(7-5-9)13(3,11)12;1-8(2)9-4-6-10(3)7-5-9;3*1-7(2)8-3-5-9-6-4-8/h8-9H,4-7H2,1-3H3;8-9H,4-7H2,1-3H3;7-9H,3-6H2,1-2H3;7-8H,3-6H2,1-2H3;7H,3-6H2,1-2H3. The topological polar surface area (TPSA) is 74.4 Å². The number of nitrogens with one attached hydrogen (secondary N) is 1. The van der Waals surface area contributed by atoms with E-state index in [4.69, 9.17) is 9.47 Å². The molecule has 5 rings (SSSR count). The van der Waals surface area contributed by atoms with Crippen LogP contribution in [0.25, 0.3) is 0 Å². The minimum Gasteiger partial charge on any atom is -0.381 e. The Morgan fingerprint density at radius 1 is 0.520 bits per heavy atom. The van der Waals surface area contributed by atoms with Crippen LogP contribution in [0.2, 0.25) is 0 Å². The number of morpholine rings is 1. The van der Waals surface area contributed by atoms with E-state index in [0.29, 0.717) is 31.0 Å². The molecule has 50 heavy (non-hydrogen) atoms. The van der Waals surface area contributed by atoms with Crippen molar-refractivity contribution in [2.24, 2.45) is 47.3 Å². The first-order valence-corrected chi connectivity index (χ1v) is 22.6. The van der Waals surface area contributed by atoms with Gasteiger partial charge in [0.2, 0.25) is 10.0 Å². The van der Waals surface area contributed by atoms with Gasteiger partial charge in [0.15, 0.2) is 0 Å². The first-order chi connectivity index (χ1) is 23.5. The third kappa shape index (κ3) is 21.4. The van der Waals surface area contributed by atoms with E-state index in [9.17, 15) is 8.42 Å². The Morgan fingerprint density at radius 3 is 1.20 bits per heavy atom. The van der Waals surface area contributed by atoms with Gasteiger partial charge in [-0.05, 0) is 146 Å². The minimum absolute atomic E-state index is 0.682. The Kier molecular flexibility index (Phi) is 25.3. The van der Waals surface area contributed by atoms with Crippen LogP contribution in [-0.4, -0.2) is 121 Å². The number of piperidine rings is 3. The fraction of sp³-hybridized carbons (Fsp3) is 1.00. The highest BCUT2D eigenvalue weighted by atomic mass is 32.2. The lowest BCUT2D eigenvalue weighted by Crippen LogP contribution is -2.40. The van der Waals surface area contributed by atoms with Crippen molar-refractivity contribution in [1.29, 1.82) is 0 Å². The summed E-state index contributed by atoms with van der Waals surface area (Å²) in [7, 11) is -0.723. The minimum atomic E-state index is -2.94. The molecule has 0 aromatic rings. The largest absolute Gasteiger partial charge is 0.381 e. The zero-order chi connectivity index (χ0) is 37.7. The Labute approximate surface area is 312 Å². The zero-order valence-electron chi connectivity index (χ0n) is 35.2. The van der Waals surface area contributed by atoms with Gasteiger partial charge in [0.25, 0.3) is 0 Å². The van der Waals surface area contributed by atoms with Crippen LogP contribution in [0.15, 0.2) is 0 Å². The van der Waals surface area contributed by atoms with E-state index in [2.05, 4.69) is 91.4 Å². The maximum Gasteiger partial charge on any atom is 0.211 e. The SMILES string of the molecule is CC(C)C1CCN(C)CC1.CC(C)C1CCN(S(C)(=O)=O)CC1.CC(C)C1CCNCC1.CC(C)C1CCOCC1.CC(C)N1CCOCC1. The summed E-state index contributed by atoms with van der Waals surface area (Å²) in [6.45, 7) is 35.4. The van der Waals surface area contributed by atoms with Crippen molar-refractivity contribution in [1.82, 2.24) is 19.4 Å². The molecule has 5 aliphatic heterocycles. The second kappa shape index (κ2) is 26.5. The summed E-state index contributed by atoms with van der Waals surface area (Å²) in [6, 6.07) is 0.689. The van der Waals surface area contributed by atoms with Crippen molar-refractivity contribution in [3.63, 3.8) is 0 Å². The Bertz CT molecular complexity index is 843. The van der Waals surface area contributed by atoms with Crippen LogP contribution < -0.4 is 5.32 Å². The molecule has 0 aromatic heterocycles. The van der Waals surface area contributed by atoms with Crippen LogP contribution in [0.3, 0.4) is 0 Å². The number of nitrogens with zero attached hydrogens (tertiary/aromatic N) is 3.